The molecule has 1 atom stereocenters. The Kier molecular flexibility index (Phi) is 2.95. The summed E-state index contributed by atoms with van der Waals surface area (Å²) < 4.78 is 36.9. The number of phenols is 1. The number of halogens is 3. The first-order valence-electron chi connectivity index (χ1n) is 4.36. The summed E-state index contributed by atoms with van der Waals surface area (Å²) in [7, 11) is 0. The highest BCUT2D eigenvalue weighted by molar-refractivity contribution is 5.42. The highest BCUT2D eigenvalue weighted by Crippen LogP contribution is 2.36. The van der Waals surface area contributed by atoms with Gasteiger partial charge in [0, 0.05) is 5.56 Å². The Hall–Kier alpha value is -1.23. The molecular weight excluding hydrogens is 207 g/mol. The fraction of sp³-hybridized carbons (Fsp3) is 0.400. The van der Waals surface area contributed by atoms with Crippen LogP contribution in [0.15, 0.2) is 12.1 Å². The SMILES string of the molecule is Cc1cc(O)c(C(N)C(F)(F)F)cc1C. The highest BCUT2D eigenvalue weighted by atomic mass is 19.4. The Balaban J connectivity index is 3.21. The molecule has 84 valence electrons. The maximum atomic E-state index is 12.3. The standard InChI is InChI=1S/C10H12F3NO/c1-5-3-7(8(15)4-6(5)2)9(14)10(11,12)13/h3-4,9,15H,14H2,1-2H3. The van der Waals surface area contributed by atoms with Gasteiger partial charge in [0.05, 0.1) is 0 Å². The molecule has 0 radical (unpaired) electrons. The summed E-state index contributed by atoms with van der Waals surface area (Å²) >= 11 is 0. The maximum Gasteiger partial charge on any atom is 0.407 e. The van der Waals surface area contributed by atoms with E-state index < -0.39 is 18.0 Å². The van der Waals surface area contributed by atoms with Crippen LogP contribution in [0.2, 0.25) is 0 Å². The quantitative estimate of drug-likeness (QED) is 0.762. The first-order valence-corrected chi connectivity index (χ1v) is 4.36. The lowest BCUT2D eigenvalue weighted by Gasteiger charge is -2.18. The number of nitrogens with two attached hydrogens (primary N) is 1. The number of hydrogen-bond donors (Lipinski definition) is 2. The van der Waals surface area contributed by atoms with E-state index in [0.717, 1.165) is 5.56 Å². The van der Waals surface area contributed by atoms with Gasteiger partial charge in [-0.05, 0) is 31.0 Å². The fourth-order valence-electron chi connectivity index (χ4n) is 1.25. The predicted molar refractivity (Wildman–Crippen MR) is 50.6 cm³/mol. The Morgan fingerprint density at radius 3 is 2.13 bits per heavy atom. The van der Waals surface area contributed by atoms with Crippen molar-refractivity contribution < 1.29 is 18.3 Å². The van der Waals surface area contributed by atoms with Crippen molar-refractivity contribution in [2.24, 2.45) is 5.73 Å². The van der Waals surface area contributed by atoms with E-state index in [-0.39, 0.29) is 5.56 Å². The van der Waals surface area contributed by atoms with Gasteiger partial charge in [0.2, 0.25) is 0 Å². The average molecular weight is 219 g/mol. The van der Waals surface area contributed by atoms with Crippen molar-refractivity contribution in [1.29, 1.82) is 0 Å². The molecule has 0 aliphatic heterocycles. The summed E-state index contributed by atoms with van der Waals surface area (Å²) in [5.74, 6) is -0.414. The molecule has 0 aromatic heterocycles. The summed E-state index contributed by atoms with van der Waals surface area (Å²) in [5.41, 5.74) is 6.12. The van der Waals surface area contributed by atoms with Gasteiger partial charge in [0.1, 0.15) is 11.8 Å². The van der Waals surface area contributed by atoms with Crippen molar-refractivity contribution in [3.05, 3.63) is 28.8 Å². The van der Waals surface area contributed by atoms with Crippen LogP contribution in [0.3, 0.4) is 0 Å². The summed E-state index contributed by atoms with van der Waals surface area (Å²) in [6, 6.07) is 0.413. The van der Waals surface area contributed by atoms with Crippen molar-refractivity contribution in [3.63, 3.8) is 0 Å². The molecule has 1 aromatic carbocycles. The van der Waals surface area contributed by atoms with Gasteiger partial charge >= 0.3 is 6.18 Å². The largest absolute Gasteiger partial charge is 0.508 e. The number of aryl methyl sites for hydroxylation is 2. The normalized spacial score (nSPS) is 14.0. The van der Waals surface area contributed by atoms with Crippen molar-refractivity contribution in [3.8, 4) is 5.75 Å². The van der Waals surface area contributed by atoms with Crippen LogP contribution >= 0.6 is 0 Å². The topological polar surface area (TPSA) is 46.2 Å². The molecule has 0 saturated heterocycles. The van der Waals surface area contributed by atoms with Crippen LogP contribution in [-0.4, -0.2) is 11.3 Å². The number of rotatable bonds is 1. The fourth-order valence-corrected chi connectivity index (χ4v) is 1.25. The Bertz CT molecular complexity index is 374. The van der Waals surface area contributed by atoms with E-state index in [0.29, 0.717) is 5.56 Å². The van der Waals surface area contributed by atoms with Gasteiger partial charge in [0.25, 0.3) is 0 Å². The summed E-state index contributed by atoms with van der Waals surface area (Å²) in [5, 5.41) is 9.37. The molecule has 0 heterocycles. The lowest BCUT2D eigenvalue weighted by atomic mass is 10.00. The molecule has 0 bridgehead atoms. The van der Waals surface area contributed by atoms with Crippen LogP contribution < -0.4 is 5.73 Å². The molecule has 5 heteroatoms. The van der Waals surface area contributed by atoms with E-state index in [2.05, 4.69) is 0 Å². The molecule has 1 unspecified atom stereocenters. The van der Waals surface area contributed by atoms with Gasteiger partial charge in [-0.1, -0.05) is 6.07 Å². The first-order chi connectivity index (χ1) is 6.73. The third-order valence-electron chi connectivity index (χ3n) is 2.33. The molecule has 0 amide bonds. The predicted octanol–water partition coefficient (Wildman–Crippen LogP) is 2.57. The number of phenolic OH excluding ortho intramolecular Hbond substituents is 1. The molecule has 0 fully saturated rings. The second-order valence-corrected chi connectivity index (χ2v) is 3.51. The zero-order valence-corrected chi connectivity index (χ0v) is 8.39. The second kappa shape index (κ2) is 3.73. The first kappa shape index (κ1) is 11.8. The Morgan fingerprint density at radius 1 is 1.20 bits per heavy atom. The van der Waals surface area contributed by atoms with Crippen LogP contribution in [0.1, 0.15) is 22.7 Å². The summed E-state index contributed by atoms with van der Waals surface area (Å²) in [4.78, 5) is 0. The average Bonchev–Trinajstić information content (AvgIpc) is 2.08. The zero-order chi connectivity index (χ0) is 11.8. The van der Waals surface area contributed by atoms with Crippen LogP contribution in [0, 0.1) is 13.8 Å². The molecule has 1 rings (SSSR count). The minimum absolute atomic E-state index is 0.286. The molecule has 1 aromatic rings. The highest BCUT2D eigenvalue weighted by Gasteiger charge is 2.39. The van der Waals surface area contributed by atoms with Crippen molar-refractivity contribution in [2.75, 3.05) is 0 Å². The van der Waals surface area contributed by atoms with E-state index in [1.54, 1.807) is 13.8 Å². The van der Waals surface area contributed by atoms with Crippen molar-refractivity contribution >= 4 is 0 Å². The van der Waals surface area contributed by atoms with Crippen LogP contribution in [0.4, 0.5) is 13.2 Å². The number of benzene rings is 1. The molecule has 0 aliphatic rings. The zero-order valence-electron chi connectivity index (χ0n) is 8.39. The van der Waals surface area contributed by atoms with Crippen LogP contribution in [0.5, 0.6) is 5.75 Å². The Labute approximate surface area is 85.5 Å². The third-order valence-corrected chi connectivity index (χ3v) is 2.33. The molecule has 0 spiro atoms. The van der Waals surface area contributed by atoms with Gasteiger partial charge in [-0.15, -0.1) is 0 Å². The molecule has 15 heavy (non-hydrogen) atoms. The third kappa shape index (κ3) is 2.41. The van der Waals surface area contributed by atoms with Gasteiger partial charge in [-0.3, -0.25) is 0 Å². The lowest BCUT2D eigenvalue weighted by molar-refractivity contribution is -0.149. The van der Waals surface area contributed by atoms with Crippen molar-refractivity contribution in [1.82, 2.24) is 0 Å². The van der Waals surface area contributed by atoms with E-state index in [1.807, 2.05) is 0 Å². The second-order valence-electron chi connectivity index (χ2n) is 3.51. The minimum atomic E-state index is -4.54. The molecule has 0 saturated carbocycles. The number of hydrogen-bond acceptors (Lipinski definition) is 2. The van der Waals surface area contributed by atoms with Crippen LogP contribution in [-0.2, 0) is 0 Å². The summed E-state index contributed by atoms with van der Waals surface area (Å²) in [6.07, 6.45) is -4.54. The number of alkyl halides is 3. The van der Waals surface area contributed by atoms with Crippen LogP contribution in [0.25, 0.3) is 0 Å². The van der Waals surface area contributed by atoms with Gasteiger partial charge in [-0.2, -0.15) is 13.2 Å². The number of aromatic hydroxyl groups is 1. The van der Waals surface area contributed by atoms with Gasteiger partial charge < -0.3 is 10.8 Å². The smallest absolute Gasteiger partial charge is 0.407 e. The van der Waals surface area contributed by atoms with E-state index >= 15 is 0 Å². The lowest BCUT2D eigenvalue weighted by Crippen LogP contribution is -2.28. The minimum Gasteiger partial charge on any atom is -0.508 e. The van der Waals surface area contributed by atoms with E-state index in [4.69, 9.17) is 5.73 Å². The maximum absolute atomic E-state index is 12.3. The van der Waals surface area contributed by atoms with Gasteiger partial charge in [0.15, 0.2) is 0 Å². The Morgan fingerprint density at radius 2 is 1.67 bits per heavy atom. The molecular formula is C10H12F3NO. The van der Waals surface area contributed by atoms with Crippen molar-refractivity contribution in [2.45, 2.75) is 26.1 Å². The molecule has 2 nitrogen and oxygen atoms in total. The molecule has 0 aliphatic carbocycles. The monoisotopic (exact) mass is 219 g/mol. The molecule has 3 N–H and O–H groups in total. The van der Waals surface area contributed by atoms with E-state index in [9.17, 15) is 18.3 Å². The van der Waals surface area contributed by atoms with Gasteiger partial charge in [-0.25, -0.2) is 0 Å². The van der Waals surface area contributed by atoms with E-state index in [1.165, 1.54) is 12.1 Å². The summed E-state index contributed by atoms with van der Waals surface area (Å²) in [6.45, 7) is 3.37.